The van der Waals surface area contributed by atoms with Gasteiger partial charge in [0, 0.05) is 11.8 Å². The molecule has 6 heteroatoms. The molecule has 0 spiro atoms. The quantitative estimate of drug-likeness (QED) is 0.879. The molecule has 5 nitrogen and oxygen atoms in total. The number of aromatic nitrogens is 1. The van der Waals surface area contributed by atoms with Crippen molar-refractivity contribution >= 4 is 11.9 Å². The zero-order chi connectivity index (χ0) is 16.1. The Hall–Kier alpha value is -2.76. The summed E-state index contributed by atoms with van der Waals surface area (Å²) >= 11 is 0. The summed E-state index contributed by atoms with van der Waals surface area (Å²) in [5.74, 6) is -1.75. The summed E-state index contributed by atoms with van der Waals surface area (Å²) in [6.07, 6.45) is 1.50. The summed E-state index contributed by atoms with van der Waals surface area (Å²) in [4.78, 5) is 28.2. The molecule has 0 fully saturated rings. The van der Waals surface area contributed by atoms with Gasteiger partial charge < -0.3 is 10.1 Å². The van der Waals surface area contributed by atoms with Gasteiger partial charge >= 0.3 is 5.97 Å². The standard InChI is InChI=1S/C16H15FN2O3/c1-10-6-7-11(17)9-12(10)15(20)19-14(16(21)22-2)13-5-3-4-8-18-13/h3-9,14H,1-2H3,(H,19,20). The predicted octanol–water partition coefficient (Wildman–Crippen LogP) is 2.17. The number of ether oxygens (including phenoxy) is 1. The lowest BCUT2D eigenvalue weighted by Gasteiger charge is -2.16. The third-order valence-electron chi connectivity index (χ3n) is 3.14. The van der Waals surface area contributed by atoms with Crippen molar-refractivity contribution in [1.82, 2.24) is 10.3 Å². The van der Waals surface area contributed by atoms with Crippen LogP contribution < -0.4 is 5.32 Å². The topological polar surface area (TPSA) is 68.3 Å². The number of methoxy groups -OCH3 is 1. The van der Waals surface area contributed by atoms with Gasteiger partial charge in [-0.15, -0.1) is 0 Å². The average molecular weight is 302 g/mol. The molecule has 1 aromatic carbocycles. The molecule has 1 heterocycles. The molecule has 0 aliphatic carbocycles. The molecule has 2 aromatic rings. The van der Waals surface area contributed by atoms with Crippen molar-refractivity contribution in [3.05, 3.63) is 65.2 Å². The molecular weight excluding hydrogens is 287 g/mol. The number of pyridine rings is 1. The second-order valence-electron chi connectivity index (χ2n) is 4.64. The fraction of sp³-hybridized carbons (Fsp3) is 0.188. The lowest BCUT2D eigenvalue weighted by Crippen LogP contribution is -2.35. The van der Waals surface area contributed by atoms with E-state index in [4.69, 9.17) is 0 Å². The van der Waals surface area contributed by atoms with Crippen molar-refractivity contribution < 1.29 is 18.7 Å². The summed E-state index contributed by atoms with van der Waals surface area (Å²) in [5.41, 5.74) is 1.10. The number of amides is 1. The van der Waals surface area contributed by atoms with E-state index in [9.17, 15) is 14.0 Å². The van der Waals surface area contributed by atoms with Crippen LogP contribution in [-0.2, 0) is 9.53 Å². The van der Waals surface area contributed by atoms with Crippen LogP contribution in [0.3, 0.4) is 0 Å². The Labute approximate surface area is 127 Å². The van der Waals surface area contributed by atoms with E-state index < -0.39 is 23.7 Å². The van der Waals surface area contributed by atoms with E-state index in [1.54, 1.807) is 25.1 Å². The van der Waals surface area contributed by atoms with Crippen molar-refractivity contribution in [2.24, 2.45) is 0 Å². The average Bonchev–Trinajstić information content (AvgIpc) is 2.54. The van der Waals surface area contributed by atoms with Crippen molar-refractivity contribution in [3.63, 3.8) is 0 Å². The number of halogens is 1. The summed E-state index contributed by atoms with van der Waals surface area (Å²) in [7, 11) is 1.22. The van der Waals surface area contributed by atoms with Crippen LogP contribution in [-0.4, -0.2) is 24.0 Å². The highest BCUT2D eigenvalue weighted by Crippen LogP contribution is 2.15. The Morgan fingerprint density at radius 3 is 2.68 bits per heavy atom. The molecule has 1 N–H and O–H groups in total. The molecule has 1 amide bonds. The van der Waals surface area contributed by atoms with Gasteiger partial charge in [0.1, 0.15) is 5.82 Å². The van der Waals surface area contributed by atoms with E-state index in [-0.39, 0.29) is 5.56 Å². The van der Waals surface area contributed by atoms with Crippen LogP contribution >= 0.6 is 0 Å². The number of hydrogen-bond acceptors (Lipinski definition) is 4. The number of nitrogens with zero attached hydrogens (tertiary/aromatic N) is 1. The number of rotatable bonds is 4. The van der Waals surface area contributed by atoms with Gasteiger partial charge in [-0.25, -0.2) is 9.18 Å². The number of benzene rings is 1. The van der Waals surface area contributed by atoms with Gasteiger partial charge in [0.15, 0.2) is 6.04 Å². The molecule has 114 valence electrons. The smallest absolute Gasteiger partial charge is 0.334 e. The molecule has 2 rings (SSSR count). The maximum absolute atomic E-state index is 13.3. The minimum Gasteiger partial charge on any atom is -0.467 e. The zero-order valence-electron chi connectivity index (χ0n) is 12.2. The third-order valence-corrected chi connectivity index (χ3v) is 3.14. The Morgan fingerprint density at radius 1 is 1.27 bits per heavy atom. The van der Waals surface area contributed by atoms with Gasteiger partial charge in [0.2, 0.25) is 0 Å². The van der Waals surface area contributed by atoms with E-state index in [2.05, 4.69) is 15.0 Å². The fourth-order valence-electron chi connectivity index (χ4n) is 1.97. The minimum atomic E-state index is -1.05. The molecule has 0 aliphatic heterocycles. The second kappa shape index (κ2) is 6.80. The van der Waals surface area contributed by atoms with Crippen molar-refractivity contribution in [1.29, 1.82) is 0 Å². The molecule has 0 bridgehead atoms. The summed E-state index contributed by atoms with van der Waals surface area (Å²) in [5, 5.41) is 2.53. The van der Waals surface area contributed by atoms with Crippen LogP contribution in [0, 0.1) is 12.7 Å². The molecule has 0 saturated carbocycles. The zero-order valence-corrected chi connectivity index (χ0v) is 12.2. The molecular formula is C16H15FN2O3. The van der Waals surface area contributed by atoms with Crippen LogP contribution in [0.1, 0.15) is 27.7 Å². The largest absolute Gasteiger partial charge is 0.467 e. The van der Waals surface area contributed by atoms with Crippen molar-refractivity contribution in [2.75, 3.05) is 7.11 Å². The highest BCUT2D eigenvalue weighted by Gasteiger charge is 2.25. The van der Waals surface area contributed by atoms with Gasteiger partial charge in [-0.3, -0.25) is 9.78 Å². The molecule has 1 unspecified atom stereocenters. The monoisotopic (exact) mass is 302 g/mol. The van der Waals surface area contributed by atoms with Gasteiger partial charge in [0.05, 0.1) is 12.8 Å². The summed E-state index contributed by atoms with van der Waals surface area (Å²) in [6.45, 7) is 1.68. The number of nitrogens with one attached hydrogen (secondary N) is 1. The molecule has 1 aromatic heterocycles. The Morgan fingerprint density at radius 2 is 2.05 bits per heavy atom. The lowest BCUT2D eigenvalue weighted by molar-refractivity contribution is -0.143. The first-order valence-electron chi connectivity index (χ1n) is 6.58. The number of carbonyl (C=O) groups excluding carboxylic acids is 2. The van der Waals surface area contributed by atoms with E-state index >= 15 is 0 Å². The van der Waals surface area contributed by atoms with Gasteiger partial charge in [-0.05, 0) is 36.8 Å². The number of carbonyl (C=O) groups is 2. The van der Waals surface area contributed by atoms with E-state index in [0.29, 0.717) is 11.3 Å². The summed E-state index contributed by atoms with van der Waals surface area (Å²) in [6, 6.07) is 7.81. The molecule has 22 heavy (non-hydrogen) atoms. The summed E-state index contributed by atoms with van der Waals surface area (Å²) < 4.78 is 18.0. The first-order chi connectivity index (χ1) is 10.5. The van der Waals surface area contributed by atoms with Crippen LogP contribution in [0.5, 0.6) is 0 Å². The predicted molar refractivity (Wildman–Crippen MR) is 77.6 cm³/mol. The first kappa shape index (κ1) is 15.6. The molecule has 0 aliphatic rings. The normalized spacial score (nSPS) is 11.6. The van der Waals surface area contributed by atoms with Gasteiger partial charge in [-0.2, -0.15) is 0 Å². The maximum atomic E-state index is 13.3. The highest BCUT2D eigenvalue weighted by atomic mass is 19.1. The lowest BCUT2D eigenvalue weighted by atomic mass is 10.1. The van der Waals surface area contributed by atoms with Gasteiger partial charge in [-0.1, -0.05) is 12.1 Å². The fourth-order valence-corrected chi connectivity index (χ4v) is 1.97. The third kappa shape index (κ3) is 3.46. The highest BCUT2D eigenvalue weighted by molar-refractivity contribution is 5.98. The Bertz CT molecular complexity index is 689. The van der Waals surface area contributed by atoms with Crippen molar-refractivity contribution in [2.45, 2.75) is 13.0 Å². The van der Waals surface area contributed by atoms with E-state index in [1.165, 1.54) is 25.4 Å². The van der Waals surface area contributed by atoms with Crippen molar-refractivity contribution in [3.8, 4) is 0 Å². The molecule has 0 radical (unpaired) electrons. The van der Waals surface area contributed by atoms with Crippen LogP contribution in [0.15, 0.2) is 42.6 Å². The minimum absolute atomic E-state index is 0.157. The Kier molecular flexibility index (Phi) is 4.83. The van der Waals surface area contributed by atoms with Gasteiger partial charge in [0.25, 0.3) is 5.91 Å². The first-order valence-corrected chi connectivity index (χ1v) is 6.58. The second-order valence-corrected chi connectivity index (χ2v) is 4.64. The van der Waals surface area contributed by atoms with Crippen LogP contribution in [0.4, 0.5) is 4.39 Å². The maximum Gasteiger partial charge on any atom is 0.334 e. The Balaban J connectivity index is 2.29. The number of hydrogen-bond donors (Lipinski definition) is 1. The SMILES string of the molecule is COC(=O)C(NC(=O)c1cc(F)ccc1C)c1ccccn1. The van der Waals surface area contributed by atoms with E-state index in [0.717, 1.165) is 6.07 Å². The number of esters is 1. The molecule has 0 saturated heterocycles. The van der Waals surface area contributed by atoms with E-state index in [1.807, 2.05) is 0 Å². The van der Waals surface area contributed by atoms with Crippen LogP contribution in [0.25, 0.3) is 0 Å². The molecule has 1 atom stereocenters. The van der Waals surface area contributed by atoms with Crippen LogP contribution in [0.2, 0.25) is 0 Å². The number of aryl methyl sites for hydroxylation is 1.